The third kappa shape index (κ3) is 4.55. The van der Waals surface area contributed by atoms with Gasteiger partial charge in [0.2, 0.25) is 17.5 Å². The number of rotatable bonds is 5. The standard InChI is InChI=1S/C24H19F3N6O3/c25-24(26,27)16-4-5-19(33-9-2-8-29-33)17(13-16)30-21(34)15-6-10-32(11-7-15)23-18(14-28)31-22(36-23)20-3-1-12-35-20/h1-5,8-9,12-13,15H,6-7,10-11H2,(H,30,34). The minimum atomic E-state index is -4.56. The number of amides is 1. The van der Waals surface area contributed by atoms with Crippen molar-refractivity contribution in [3.8, 4) is 23.4 Å². The summed E-state index contributed by atoms with van der Waals surface area (Å²) < 4.78 is 52.4. The van der Waals surface area contributed by atoms with E-state index in [-0.39, 0.29) is 17.3 Å². The third-order valence-electron chi connectivity index (χ3n) is 5.93. The van der Waals surface area contributed by atoms with Crippen LogP contribution in [0.1, 0.15) is 24.1 Å². The molecule has 0 bridgehead atoms. The van der Waals surface area contributed by atoms with Gasteiger partial charge in [-0.15, -0.1) is 0 Å². The summed E-state index contributed by atoms with van der Waals surface area (Å²) >= 11 is 0. The Labute approximate surface area is 202 Å². The zero-order valence-electron chi connectivity index (χ0n) is 18.7. The van der Waals surface area contributed by atoms with Crippen LogP contribution in [0.25, 0.3) is 17.3 Å². The molecule has 1 saturated heterocycles. The number of carbonyl (C=O) groups excluding carboxylic acids is 1. The highest BCUT2D eigenvalue weighted by Crippen LogP contribution is 2.35. The number of oxazole rings is 1. The fraction of sp³-hybridized carbons (Fsp3) is 0.250. The van der Waals surface area contributed by atoms with Gasteiger partial charge in [-0.1, -0.05) is 0 Å². The Morgan fingerprint density at radius 1 is 1.19 bits per heavy atom. The fourth-order valence-corrected chi connectivity index (χ4v) is 4.11. The number of benzene rings is 1. The first-order chi connectivity index (χ1) is 17.3. The van der Waals surface area contributed by atoms with Crippen molar-refractivity contribution in [2.75, 3.05) is 23.3 Å². The summed E-state index contributed by atoms with van der Waals surface area (Å²) in [5.41, 5.74) is -0.419. The normalized spacial score (nSPS) is 14.6. The van der Waals surface area contributed by atoms with Crippen LogP contribution < -0.4 is 10.2 Å². The summed E-state index contributed by atoms with van der Waals surface area (Å²) in [6, 6.07) is 10.1. The van der Waals surface area contributed by atoms with Gasteiger partial charge in [-0.3, -0.25) is 4.79 Å². The van der Waals surface area contributed by atoms with Gasteiger partial charge in [-0.2, -0.15) is 28.5 Å². The highest BCUT2D eigenvalue weighted by molar-refractivity contribution is 5.94. The molecule has 0 atom stereocenters. The molecule has 12 heteroatoms. The van der Waals surface area contributed by atoms with E-state index in [0.717, 1.165) is 12.1 Å². The van der Waals surface area contributed by atoms with Gasteiger partial charge in [-0.05, 0) is 49.2 Å². The molecular formula is C24H19F3N6O3. The molecule has 0 saturated carbocycles. The molecule has 5 rings (SSSR count). The molecule has 184 valence electrons. The van der Waals surface area contributed by atoms with Crippen LogP contribution in [0, 0.1) is 17.2 Å². The summed E-state index contributed by atoms with van der Waals surface area (Å²) in [7, 11) is 0. The molecule has 0 unspecified atom stereocenters. The molecule has 4 heterocycles. The number of nitrogens with one attached hydrogen (secondary N) is 1. The lowest BCUT2D eigenvalue weighted by Gasteiger charge is -2.31. The lowest BCUT2D eigenvalue weighted by molar-refractivity contribution is -0.137. The van der Waals surface area contributed by atoms with Crippen molar-refractivity contribution < 1.29 is 26.8 Å². The number of anilines is 2. The Morgan fingerprint density at radius 3 is 2.64 bits per heavy atom. The van der Waals surface area contributed by atoms with Crippen LogP contribution in [-0.4, -0.2) is 33.8 Å². The Balaban J connectivity index is 1.31. The van der Waals surface area contributed by atoms with Crippen molar-refractivity contribution in [2.45, 2.75) is 19.0 Å². The van der Waals surface area contributed by atoms with Gasteiger partial charge in [-0.25, -0.2) is 4.68 Å². The second kappa shape index (κ2) is 9.26. The highest BCUT2D eigenvalue weighted by Gasteiger charge is 2.33. The molecular weight excluding hydrogens is 477 g/mol. The fourth-order valence-electron chi connectivity index (χ4n) is 4.11. The van der Waals surface area contributed by atoms with Gasteiger partial charge in [0.15, 0.2) is 5.76 Å². The Morgan fingerprint density at radius 2 is 2.00 bits per heavy atom. The number of carbonyl (C=O) groups is 1. The summed E-state index contributed by atoms with van der Waals surface area (Å²) in [5.74, 6) is 0.0285. The van der Waals surface area contributed by atoms with Crippen molar-refractivity contribution in [3.63, 3.8) is 0 Å². The number of aromatic nitrogens is 3. The van der Waals surface area contributed by atoms with E-state index in [1.807, 2.05) is 11.0 Å². The number of nitrogens with zero attached hydrogens (tertiary/aromatic N) is 5. The van der Waals surface area contributed by atoms with E-state index in [2.05, 4.69) is 15.4 Å². The van der Waals surface area contributed by atoms with Crippen LogP contribution in [0.5, 0.6) is 0 Å². The minimum Gasteiger partial charge on any atom is -0.459 e. The van der Waals surface area contributed by atoms with E-state index in [0.29, 0.717) is 43.3 Å². The molecule has 0 spiro atoms. The van der Waals surface area contributed by atoms with E-state index >= 15 is 0 Å². The second-order valence-electron chi connectivity index (χ2n) is 8.19. The van der Waals surface area contributed by atoms with Crippen LogP contribution in [0.4, 0.5) is 24.7 Å². The van der Waals surface area contributed by atoms with E-state index in [1.165, 1.54) is 23.2 Å². The van der Waals surface area contributed by atoms with Gasteiger partial charge in [0, 0.05) is 31.4 Å². The second-order valence-corrected chi connectivity index (χ2v) is 8.19. The van der Waals surface area contributed by atoms with Crippen LogP contribution in [0.3, 0.4) is 0 Å². The molecule has 1 aliphatic rings. The molecule has 3 aromatic heterocycles. The van der Waals surface area contributed by atoms with Crippen molar-refractivity contribution >= 4 is 17.5 Å². The number of halogens is 3. The summed E-state index contributed by atoms with van der Waals surface area (Å²) in [6.07, 6.45) is 0.801. The highest BCUT2D eigenvalue weighted by atomic mass is 19.4. The molecule has 36 heavy (non-hydrogen) atoms. The Bertz CT molecular complexity index is 1400. The van der Waals surface area contributed by atoms with Crippen LogP contribution in [-0.2, 0) is 11.0 Å². The van der Waals surface area contributed by atoms with E-state index in [4.69, 9.17) is 8.83 Å². The molecule has 9 nitrogen and oxygen atoms in total. The van der Waals surface area contributed by atoms with Crippen molar-refractivity contribution in [1.29, 1.82) is 5.26 Å². The van der Waals surface area contributed by atoms with Crippen LogP contribution in [0.2, 0.25) is 0 Å². The van der Waals surface area contributed by atoms with Crippen LogP contribution >= 0.6 is 0 Å². The molecule has 1 aliphatic heterocycles. The van der Waals surface area contributed by atoms with E-state index < -0.39 is 23.6 Å². The number of piperidine rings is 1. The molecule has 0 aliphatic carbocycles. The van der Waals surface area contributed by atoms with Crippen molar-refractivity contribution in [2.24, 2.45) is 5.92 Å². The average Bonchev–Trinajstić information content (AvgIpc) is 3.65. The molecule has 1 fully saturated rings. The number of furan rings is 1. The van der Waals surface area contributed by atoms with Gasteiger partial charge in [0.25, 0.3) is 5.89 Å². The Hall–Kier alpha value is -4.53. The quantitative estimate of drug-likeness (QED) is 0.420. The number of hydrogen-bond donors (Lipinski definition) is 1. The summed E-state index contributed by atoms with van der Waals surface area (Å²) in [6.45, 7) is 0.794. The molecule has 1 amide bonds. The van der Waals surface area contributed by atoms with Gasteiger partial charge in [0.05, 0.1) is 23.2 Å². The topological polar surface area (TPSA) is 113 Å². The zero-order valence-corrected chi connectivity index (χ0v) is 18.7. The predicted octanol–water partition coefficient (Wildman–Crippen LogP) is 4.87. The maximum absolute atomic E-state index is 13.3. The number of alkyl halides is 3. The number of hydrogen-bond acceptors (Lipinski definition) is 7. The first kappa shape index (κ1) is 23.2. The third-order valence-corrected chi connectivity index (χ3v) is 5.93. The molecule has 1 N–H and O–H groups in total. The average molecular weight is 496 g/mol. The molecule has 4 aromatic rings. The van der Waals surface area contributed by atoms with E-state index in [9.17, 15) is 23.2 Å². The number of nitriles is 1. The Kier molecular flexibility index (Phi) is 5.97. The summed E-state index contributed by atoms with van der Waals surface area (Å²) in [5, 5.41) is 16.2. The van der Waals surface area contributed by atoms with E-state index in [1.54, 1.807) is 24.4 Å². The van der Waals surface area contributed by atoms with Crippen molar-refractivity contribution in [1.82, 2.24) is 14.8 Å². The lowest BCUT2D eigenvalue weighted by Crippen LogP contribution is -2.38. The van der Waals surface area contributed by atoms with Gasteiger partial charge in [0.1, 0.15) is 6.07 Å². The minimum absolute atomic E-state index is 0.0195. The first-order valence-corrected chi connectivity index (χ1v) is 11.1. The molecule has 1 aromatic carbocycles. The maximum Gasteiger partial charge on any atom is 0.416 e. The largest absolute Gasteiger partial charge is 0.459 e. The summed E-state index contributed by atoms with van der Waals surface area (Å²) in [4.78, 5) is 19.0. The predicted molar refractivity (Wildman–Crippen MR) is 121 cm³/mol. The first-order valence-electron chi connectivity index (χ1n) is 11.1. The van der Waals surface area contributed by atoms with Gasteiger partial charge >= 0.3 is 6.18 Å². The SMILES string of the molecule is N#Cc1nc(-c2ccco2)oc1N1CCC(C(=O)Nc2cc(C(F)(F)F)ccc2-n2cccn2)CC1. The zero-order chi connectivity index (χ0) is 25.3. The monoisotopic (exact) mass is 496 g/mol. The molecule has 0 radical (unpaired) electrons. The lowest BCUT2D eigenvalue weighted by atomic mass is 9.95. The smallest absolute Gasteiger partial charge is 0.416 e. The van der Waals surface area contributed by atoms with Crippen molar-refractivity contribution in [3.05, 3.63) is 66.3 Å². The maximum atomic E-state index is 13.3. The van der Waals surface area contributed by atoms with Crippen LogP contribution in [0.15, 0.2) is 63.9 Å². The van der Waals surface area contributed by atoms with Gasteiger partial charge < -0.3 is 19.1 Å².